The van der Waals surface area contributed by atoms with Crippen LogP contribution in [0.5, 0.6) is 0 Å². The number of hydrogen-bond donors (Lipinski definition) is 1. The van der Waals surface area contributed by atoms with Crippen molar-refractivity contribution < 1.29 is 4.79 Å². The highest BCUT2D eigenvalue weighted by atomic mass is 16.2. The van der Waals surface area contributed by atoms with Crippen LogP contribution in [0.2, 0.25) is 0 Å². The minimum atomic E-state index is -0.0341. The van der Waals surface area contributed by atoms with Crippen LogP contribution >= 0.6 is 0 Å². The summed E-state index contributed by atoms with van der Waals surface area (Å²) < 4.78 is 0. The Morgan fingerprint density at radius 2 is 1.71 bits per heavy atom. The van der Waals surface area contributed by atoms with Gasteiger partial charge in [-0.2, -0.15) is 0 Å². The minimum Gasteiger partial charge on any atom is -0.352 e. The van der Waals surface area contributed by atoms with Gasteiger partial charge in [-0.25, -0.2) is 0 Å². The number of hydrogen-bond acceptors (Lipinski definition) is 1. The van der Waals surface area contributed by atoms with E-state index >= 15 is 0 Å². The van der Waals surface area contributed by atoms with Crippen LogP contribution in [0.15, 0.2) is 30.3 Å². The molecule has 4 aliphatic rings. The Balaban J connectivity index is 1.48. The molecular formula is C19H25NO. The van der Waals surface area contributed by atoms with Gasteiger partial charge in [0.15, 0.2) is 0 Å². The number of benzene rings is 1. The zero-order valence-electron chi connectivity index (χ0n) is 12.7. The van der Waals surface area contributed by atoms with E-state index in [4.69, 9.17) is 0 Å². The molecule has 1 aromatic rings. The molecule has 4 saturated carbocycles. The second-order valence-corrected chi connectivity index (χ2v) is 7.70. The molecule has 21 heavy (non-hydrogen) atoms. The first-order chi connectivity index (χ1) is 10.2. The van der Waals surface area contributed by atoms with Crippen molar-refractivity contribution in [3.8, 4) is 0 Å². The first-order valence-corrected chi connectivity index (χ1v) is 8.56. The molecule has 0 radical (unpaired) electrons. The summed E-state index contributed by atoms with van der Waals surface area (Å²) >= 11 is 0. The van der Waals surface area contributed by atoms with Crippen molar-refractivity contribution in [2.75, 3.05) is 0 Å². The zero-order chi connectivity index (χ0) is 14.3. The lowest BCUT2D eigenvalue weighted by Crippen LogP contribution is -2.45. The molecule has 2 heteroatoms. The molecule has 1 N–H and O–H groups in total. The van der Waals surface area contributed by atoms with Crippen LogP contribution in [0.4, 0.5) is 0 Å². The van der Waals surface area contributed by atoms with E-state index < -0.39 is 0 Å². The highest BCUT2D eigenvalue weighted by molar-refractivity contribution is 5.82. The quantitative estimate of drug-likeness (QED) is 0.895. The van der Waals surface area contributed by atoms with Gasteiger partial charge in [-0.3, -0.25) is 4.79 Å². The van der Waals surface area contributed by atoms with E-state index in [1.165, 1.54) is 31.2 Å². The van der Waals surface area contributed by atoms with Gasteiger partial charge in [-0.1, -0.05) is 30.3 Å². The van der Waals surface area contributed by atoms with Crippen LogP contribution in [-0.4, -0.2) is 5.91 Å². The second kappa shape index (κ2) is 5.15. The van der Waals surface area contributed by atoms with Crippen LogP contribution in [-0.2, 0) is 11.3 Å². The Morgan fingerprint density at radius 1 is 1.05 bits per heavy atom. The normalized spacial score (nSPS) is 37.2. The van der Waals surface area contributed by atoms with Gasteiger partial charge in [0, 0.05) is 12.0 Å². The van der Waals surface area contributed by atoms with Gasteiger partial charge in [-0.05, 0) is 68.3 Å². The van der Waals surface area contributed by atoms with Crippen LogP contribution in [0, 0.1) is 23.2 Å². The summed E-state index contributed by atoms with van der Waals surface area (Å²) in [6.07, 6.45) is 8.90. The van der Waals surface area contributed by atoms with E-state index in [1.807, 2.05) is 18.2 Å². The number of carbonyl (C=O) groups excluding carboxylic acids is 1. The third-order valence-corrected chi connectivity index (χ3v) is 6.17. The molecule has 1 amide bonds. The van der Waals surface area contributed by atoms with E-state index in [1.54, 1.807) is 0 Å². The van der Waals surface area contributed by atoms with E-state index in [2.05, 4.69) is 17.4 Å². The smallest absolute Gasteiger partial charge is 0.226 e. The average Bonchev–Trinajstić information content (AvgIpc) is 2.71. The molecule has 0 spiro atoms. The van der Waals surface area contributed by atoms with Crippen LogP contribution in [0.1, 0.15) is 50.5 Å². The van der Waals surface area contributed by atoms with Crippen molar-refractivity contribution in [2.45, 2.75) is 51.5 Å². The molecule has 0 aromatic heterocycles. The predicted octanol–water partition coefficient (Wildman–Crippen LogP) is 3.91. The van der Waals surface area contributed by atoms with Crippen molar-refractivity contribution in [3.05, 3.63) is 35.9 Å². The van der Waals surface area contributed by atoms with Gasteiger partial charge in [0.2, 0.25) is 5.91 Å². The maximum Gasteiger partial charge on any atom is 0.226 e. The number of rotatable bonds is 3. The summed E-state index contributed by atoms with van der Waals surface area (Å²) in [7, 11) is 0. The fraction of sp³-hybridized carbons (Fsp3) is 0.632. The van der Waals surface area contributed by atoms with E-state index in [-0.39, 0.29) is 5.41 Å². The summed E-state index contributed by atoms with van der Waals surface area (Å²) in [4.78, 5) is 12.9. The van der Waals surface area contributed by atoms with Crippen LogP contribution in [0.25, 0.3) is 0 Å². The number of fused-ring (bicyclic) bond motifs is 1. The maximum atomic E-state index is 12.9. The lowest BCUT2D eigenvalue weighted by Gasteiger charge is -2.44. The number of amides is 1. The van der Waals surface area contributed by atoms with E-state index in [9.17, 15) is 4.79 Å². The molecule has 0 aliphatic heterocycles. The Labute approximate surface area is 127 Å². The van der Waals surface area contributed by atoms with Crippen molar-refractivity contribution in [3.63, 3.8) is 0 Å². The molecule has 4 bridgehead atoms. The monoisotopic (exact) mass is 283 g/mol. The SMILES string of the molecule is O=C(NCc1ccccc1)C12CCC3CC(CC(C3)C1)C2. The van der Waals surface area contributed by atoms with Crippen molar-refractivity contribution >= 4 is 5.91 Å². The fourth-order valence-electron chi connectivity index (χ4n) is 5.41. The maximum absolute atomic E-state index is 12.9. The van der Waals surface area contributed by atoms with Gasteiger partial charge >= 0.3 is 0 Å². The molecule has 2 unspecified atom stereocenters. The molecule has 0 heterocycles. The molecular weight excluding hydrogens is 258 g/mol. The predicted molar refractivity (Wildman–Crippen MR) is 83.5 cm³/mol. The minimum absolute atomic E-state index is 0.0341. The second-order valence-electron chi connectivity index (χ2n) is 7.70. The lowest BCUT2D eigenvalue weighted by atomic mass is 9.61. The first kappa shape index (κ1) is 13.4. The van der Waals surface area contributed by atoms with Gasteiger partial charge < -0.3 is 5.32 Å². The van der Waals surface area contributed by atoms with Gasteiger partial charge in [-0.15, -0.1) is 0 Å². The third-order valence-electron chi connectivity index (χ3n) is 6.17. The van der Waals surface area contributed by atoms with E-state index in [0.717, 1.165) is 37.0 Å². The number of carbonyl (C=O) groups is 1. The van der Waals surface area contributed by atoms with Crippen LogP contribution < -0.4 is 5.32 Å². The molecule has 4 aliphatic carbocycles. The van der Waals surface area contributed by atoms with Crippen molar-refractivity contribution in [1.82, 2.24) is 5.32 Å². The third kappa shape index (κ3) is 2.49. The van der Waals surface area contributed by atoms with E-state index in [0.29, 0.717) is 12.5 Å². The van der Waals surface area contributed by atoms with Crippen molar-refractivity contribution in [2.24, 2.45) is 23.2 Å². The molecule has 2 atom stereocenters. The Bertz CT molecular complexity index is 510. The molecule has 0 saturated heterocycles. The zero-order valence-corrected chi connectivity index (χ0v) is 12.7. The molecule has 2 nitrogen and oxygen atoms in total. The summed E-state index contributed by atoms with van der Waals surface area (Å²) in [5, 5.41) is 3.24. The summed E-state index contributed by atoms with van der Waals surface area (Å²) in [5.41, 5.74) is 1.17. The number of nitrogens with one attached hydrogen (secondary N) is 1. The fourth-order valence-corrected chi connectivity index (χ4v) is 5.41. The lowest BCUT2D eigenvalue weighted by molar-refractivity contribution is -0.135. The van der Waals surface area contributed by atoms with Crippen molar-refractivity contribution in [1.29, 1.82) is 0 Å². The molecule has 112 valence electrons. The molecule has 1 aromatic carbocycles. The Hall–Kier alpha value is -1.31. The van der Waals surface area contributed by atoms with Gasteiger partial charge in [0.25, 0.3) is 0 Å². The summed E-state index contributed by atoms with van der Waals surface area (Å²) in [6.45, 7) is 0.681. The summed E-state index contributed by atoms with van der Waals surface area (Å²) in [5.74, 6) is 2.91. The largest absolute Gasteiger partial charge is 0.352 e. The van der Waals surface area contributed by atoms with Gasteiger partial charge in [0.1, 0.15) is 0 Å². The summed E-state index contributed by atoms with van der Waals surface area (Å²) in [6, 6.07) is 10.3. The molecule has 4 fully saturated rings. The average molecular weight is 283 g/mol. The van der Waals surface area contributed by atoms with Gasteiger partial charge in [0.05, 0.1) is 0 Å². The Morgan fingerprint density at radius 3 is 2.43 bits per heavy atom. The topological polar surface area (TPSA) is 29.1 Å². The highest BCUT2D eigenvalue weighted by Gasteiger charge is 2.51. The highest BCUT2D eigenvalue weighted by Crippen LogP contribution is 2.57. The Kier molecular flexibility index (Phi) is 3.28. The standard InChI is InChI=1S/C19H25NO/c21-18(20-13-14-4-2-1-3-5-14)19-7-6-15-8-16(11-19)10-17(9-15)12-19/h1-5,15-17H,6-13H2,(H,20,21). The molecule has 5 rings (SSSR count). The first-order valence-electron chi connectivity index (χ1n) is 8.56. The van der Waals surface area contributed by atoms with Crippen LogP contribution in [0.3, 0.4) is 0 Å².